The first-order valence-corrected chi connectivity index (χ1v) is 4.42. The lowest BCUT2D eigenvalue weighted by atomic mass is 10.3. The van der Waals surface area contributed by atoms with Gasteiger partial charge in [0, 0.05) is 7.05 Å². The van der Waals surface area contributed by atoms with Crippen LogP contribution in [0.3, 0.4) is 0 Å². The highest BCUT2D eigenvalue weighted by Crippen LogP contribution is 2.19. The molecule has 0 aromatic carbocycles. The molecule has 5 nitrogen and oxygen atoms in total. The quantitative estimate of drug-likeness (QED) is 0.703. The van der Waals surface area contributed by atoms with Crippen LogP contribution in [0.1, 0.15) is 10.5 Å². The molecule has 0 aliphatic heterocycles. The summed E-state index contributed by atoms with van der Waals surface area (Å²) in [5, 5.41) is 0. The molecular weight excluding hydrogens is 194 g/mol. The highest BCUT2D eigenvalue weighted by Gasteiger charge is 2.13. The number of ether oxygens (including phenoxy) is 1. The Morgan fingerprint density at radius 1 is 1.53 bits per heavy atom. The molecule has 0 atom stereocenters. The normalized spacial score (nSPS) is 10.5. The second kappa shape index (κ2) is 3.27. The molecule has 0 saturated carbocycles. The molecule has 2 rings (SSSR count). The molecule has 2 aromatic rings. The molecule has 0 fully saturated rings. The summed E-state index contributed by atoms with van der Waals surface area (Å²) in [6.07, 6.45) is 1.56. The lowest BCUT2D eigenvalue weighted by Gasteiger charge is -2.01. The Morgan fingerprint density at radius 3 is 2.93 bits per heavy atom. The van der Waals surface area contributed by atoms with Gasteiger partial charge in [-0.05, 0) is 12.1 Å². The Kier molecular flexibility index (Phi) is 2.07. The molecule has 0 unspecified atom stereocenters. The van der Waals surface area contributed by atoms with Crippen LogP contribution in [0, 0.1) is 0 Å². The van der Waals surface area contributed by atoms with E-state index in [9.17, 15) is 4.79 Å². The van der Waals surface area contributed by atoms with E-state index in [0.29, 0.717) is 11.4 Å². The number of fused-ring (bicyclic) bond motifs is 1. The number of nitrogen functional groups attached to an aromatic ring is 1. The van der Waals surface area contributed by atoms with E-state index >= 15 is 0 Å². The van der Waals surface area contributed by atoms with Gasteiger partial charge in [-0.25, -0.2) is 4.79 Å². The predicted molar refractivity (Wildman–Crippen MR) is 56.5 cm³/mol. The maximum atomic E-state index is 11.4. The lowest BCUT2D eigenvalue weighted by Crippen LogP contribution is -2.06. The highest BCUT2D eigenvalue weighted by atomic mass is 16.5. The number of aryl methyl sites for hydroxylation is 1. The molecule has 2 heterocycles. The first-order valence-electron chi connectivity index (χ1n) is 4.42. The number of carbonyl (C=O) groups excluding carboxylic acids is 1. The summed E-state index contributed by atoms with van der Waals surface area (Å²) in [6, 6.07) is 3.45. The van der Waals surface area contributed by atoms with Gasteiger partial charge in [0.05, 0.1) is 30.0 Å². The number of aromatic nitrogens is 2. The van der Waals surface area contributed by atoms with Crippen molar-refractivity contribution in [3.63, 3.8) is 0 Å². The van der Waals surface area contributed by atoms with Gasteiger partial charge in [0.15, 0.2) is 0 Å². The molecule has 0 saturated heterocycles. The van der Waals surface area contributed by atoms with Crippen LogP contribution >= 0.6 is 0 Å². The number of nitrogens with zero attached hydrogens (tertiary/aromatic N) is 2. The molecule has 0 amide bonds. The number of hydrogen-bond donors (Lipinski definition) is 1. The zero-order valence-electron chi connectivity index (χ0n) is 8.52. The number of carbonyl (C=O) groups is 1. The second-order valence-electron chi connectivity index (χ2n) is 3.25. The fraction of sp³-hybridized carbons (Fsp3) is 0.200. The molecule has 2 N–H and O–H groups in total. The van der Waals surface area contributed by atoms with Crippen LogP contribution in [-0.2, 0) is 11.8 Å². The summed E-state index contributed by atoms with van der Waals surface area (Å²) < 4.78 is 6.37. The van der Waals surface area contributed by atoms with E-state index in [-0.39, 0.29) is 5.97 Å². The zero-order valence-corrected chi connectivity index (χ0v) is 8.52. The standard InChI is InChI=1S/C10H11N3O2/c1-13-8-3-6(11)5-12-7(8)4-9(13)10(14)15-2/h3-5H,11H2,1-2H3. The Hall–Kier alpha value is -2.04. The minimum absolute atomic E-state index is 0.380. The van der Waals surface area contributed by atoms with Crippen molar-refractivity contribution in [2.45, 2.75) is 0 Å². The van der Waals surface area contributed by atoms with Gasteiger partial charge in [-0.1, -0.05) is 0 Å². The van der Waals surface area contributed by atoms with Gasteiger partial charge in [0.2, 0.25) is 0 Å². The van der Waals surface area contributed by atoms with Crippen LogP contribution in [0.4, 0.5) is 5.69 Å². The van der Waals surface area contributed by atoms with Crippen LogP contribution < -0.4 is 5.73 Å². The maximum Gasteiger partial charge on any atom is 0.354 e. The van der Waals surface area contributed by atoms with Crippen molar-refractivity contribution < 1.29 is 9.53 Å². The van der Waals surface area contributed by atoms with Crippen molar-refractivity contribution >= 4 is 22.7 Å². The fourth-order valence-corrected chi connectivity index (χ4v) is 1.52. The summed E-state index contributed by atoms with van der Waals surface area (Å²) in [4.78, 5) is 15.5. The first-order chi connectivity index (χ1) is 7.13. The van der Waals surface area contributed by atoms with Crippen molar-refractivity contribution in [1.29, 1.82) is 0 Å². The third-order valence-corrected chi connectivity index (χ3v) is 2.31. The Morgan fingerprint density at radius 2 is 2.27 bits per heavy atom. The molecule has 0 bridgehead atoms. The SMILES string of the molecule is COC(=O)c1cc2ncc(N)cc2n1C. The molecule has 0 aliphatic carbocycles. The second-order valence-corrected chi connectivity index (χ2v) is 3.25. The van der Waals surface area contributed by atoms with Crippen LogP contribution in [0.2, 0.25) is 0 Å². The average molecular weight is 205 g/mol. The summed E-state index contributed by atoms with van der Waals surface area (Å²) in [6.45, 7) is 0. The zero-order chi connectivity index (χ0) is 11.0. The molecule has 15 heavy (non-hydrogen) atoms. The molecule has 0 spiro atoms. The van der Waals surface area contributed by atoms with Gasteiger partial charge in [-0.3, -0.25) is 4.98 Å². The summed E-state index contributed by atoms with van der Waals surface area (Å²) in [7, 11) is 3.12. The summed E-state index contributed by atoms with van der Waals surface area (Å²) in [5.74, 6) is -0.380. The van der Waals surface area contributed by atoms with E-state index < -0.39 is 0 Å². The summed E-state index contributed by atoms with van der Waals surface area (Å²) in [5.41, 5.74) is 8.20. The van der Waals surface area contributed by atoms with E-state index in [1.807, 2.05) is 0 Å². The molecule has 78 valence electrons. The summed E-state index contributed by atoms with van der Waals surface area (Å²) >= 11 is 0. The fourth-order valence-electron chi connectivity index (χ4n) is 1.52. The Balaban J connectivity index is 2.69. The van der Waals surface area contributed by atoms with Crippen LogP contribution in [0.5, 0.6) is 0 Å². The Labute approximate surface area is 86.5 Å². The van der Waals surface area contributed by atoms with Gasteiger partial charge in [0.25, 0.3) is 0 Å². The number of hydrogen-bond acceptors (Lipinski definition) is 4. The maximum absolute atomic E-state index is 11.4. The number of anilines is 1. The molecule has 2 aromatic heterocycles. The van der Waals surface area contributed by atoms with E-state index in [0.717, 1.165) is 11.0 Å². The predicted octanol–water partition coefficient (Wildman–Crippen LogP) is 0.942. The first kappa shape index (κ1) is 9.51. The lowest BCUT2D eigenvalue weighted by molar-refractivity contribution is 0.0590. The number of pyridine rings is 1. The smallest absolute Gasteiger partial charge is 0.354 e. The van der Waals surface area contributed by atoms with E-state index in [1.165, 1.54) is 7.11 Å². The minimum atomic E-state index is -0.380. The monoisotopic (exact) mass is 205 g/mol. The number of rotatable bonds is 1. The Bertz CT molecular complexity index is 531. The van der Waals surface area contributed by atoms with Gasteiger partial charge in [-0.2, -0.15) is 0 Å². The third kappa shape index (κ3) is 1.41. The number of nitrogens with two attached hydrogens (primary N) is 1. The molecule has 5 heteroatoms. The highest BCUT2D eigenvalue weighted by molar-refractivity contribution is 5.94. The molecular formula is C10H11N3O2. The molecule has 0 aliphatic rings. The van der Waals surface area contributed by atoms with Gasteiger partial charge in [-0.15, -0.1) is 0 Å². The van der Waals surface area contributed by atoms with Gasteiger partial charge in [0.1, 0.15) is 5.69 Å². The number of esters is 1. The van der Waals surface area contributed by atoms with E-state index in [2.05, 4.69) is 9.72 Å². The van der Waals surface area contributed by atoms with Crippen molar-refractivity contribution in [1.82, 2.24) is 9.55 Å². The minimum Gasteiger partial charge on any atom is -0.464 e. The van der Waals surface area contributed by atoms with E-state index in [4.69, 9.17) is 5.73 Å². The van der Waals surface area contributed by atoms with Crippen LogP contribution in [0.25, 0.3) is 11.0 Å². The van der Waals surface area contributed by atoms with Crippen molar-refractivity contribution in [3.8, 4) is 0 Å². The average Bonchev–Trinajstić information content (AvgIpc) is 2.55. The van der Waals surface area contributed by atoms with Crippen molar-refractivity contribution in [2.24, 2.45) is 7.05 Å². The van der Waals surface area contributed by atoms with Crippen LogP contribution in [-0.4, -0.2) is 22.6 Å². The largest absolute Gasteiger partial charge is 0.464 e. The van der Waals surface area contributed by atoms with Gasteiger partial charge < -0.3 is 15.0 Å². The van der Waals surface area contributed by atoms with Crippen molar-refractivity contribution in [3.05, 3.63) is 24.0 Å². The van der Waals surface area contributed by atoms with Gasteiger partial charge >= 0.3 is 5.97 Å². The van der Waals surface area contributed by atoms with Crippen molar-refractivity contribution in [2.75, 3.05) is 12.8 Å². The van der Waals surface area contributed by atoms with Crippen LogP contribution in [0.15, 0.2) is 18.3 Å². The molecule has 0 radical (unpaired) electrons. The van der Waals surface area contributed by atoms with E-state index in [1.54, 1.807) is 29.9 Å². The number of methoxy groups -OCH3 is 1. The topological polar surface area (TPSA) is 70.1 Å². The third-order valence-electron chi connectivity index (χ3n) is 2.31.